The first kappa shape index (κ1) is 15.3. The second-order valence-electron chi connectivity index (χ2n) is 7.16. The van der Waals surface area contributed by atoms with Crippen molar-refractivity contribution in [3.05, 3.63) is 0 Å². The lowest BCUT2D eigenvalue weighted by molar-refractivity contribution is 0.0911. The van der Waals surface area contributed by atoms with E-state index in [1.165, 1.54) is 45.2 Å². The zero-order chi connectivity index (χ0) is 13.9. The fourth-order valence-electron chi connectivity index (χ4n) is 4.11. The van der Waals surface area contributed by atoms with Gasteiger partial charge in [0.25, 0.3) is 0 Å². The van der Waals surface area contributed by atoms with Crippen LogP contribution in [0.25, 0.3) is 0 Å². The van der Waals surface area contributed by atoms with Gasteiger partial charge in [0.15, 0.2) is 0 Å². The number of rotatable bonds is 5. The summed E-state index contributed by atoms with van der Waals surface area (Å²) in [7, 11) is 1.81. The van der Waals surface area contributed by atoms with Crippen LogP contribution >= 0.6 is 0 Å². The standard InChI is InChI=1S/C16H32N2O/c1-13(2)18-8-6-5-7-15(18)9-14-10-16(3,12-19-4)17-11-14/h13-15,17H,5-12H2,1-4H3. The van der Waals surface area contributed by atoms with Gasteiger partial charge < -0.3 is 10.1 Å². The molecule has 0 aliphatic carbocycles. The Morgan fingerprint density at radius 3 is 2.84 bits per heavy atom. The number of hydrogen-bond acceptors (Lipinski definition) is 3. The zero-order valence-corrected chi connectivity index (χ0v) is 13.2. The van der Waals surface area contributed by atoms with Crippen molar-refractivity contribution in [3.8, 4) is 0 Å². The summed E-state index contributed by atoms with van der Waals surface area (Å²) in [6.45, 7) is 10.3. The molecule has 3 unspecified atom stereocenters. The number of ether oxygens (including phenoxy) is 1. The Balaban J connectivity index is 1.87. The third kappa shape index (κ3) is 3.93. The Morgan fingerprint density at radius 2 is 2.16 bits per heavy atom. The topological polar surface area (TPSA) is 24.5 Å². The second-order valence-corrected chi connectivity index (χ2v) is 7.16. The van der Waals surface area contributed by atoms with E-state index in [1.54, 1.807) is 0 Å². The first-order chi connectivity index (χ1) is 9.04. The minimum Gasteiger partial charge on any atom is -0.383 e. The van der Waals surface area contributed by atoms with Crippen LogP contribution in [0.1, 0.15) is 52.9 Å². The van der Waals surface area contributed by atoms with E-state index >= 15 is 0 Å². The first-order valence-corrected chi connectivity index (χ1v) is 8.04. The van der Waals surface area contributed by atoms with Crippen LogP contribution in [0.4, 0.5) is 0 Å². The highest BCUT2D eigenvalue weighted by Gasteiger charge is 2.37. The second kappa shape index (κ2) is 6.55. The number of nitrogens with one attached hydrogen (secondary N) is 1. The molecule has 3 nitrogen and oxygen atoms in total. The average Bonchev–Trinajstić information content (AvgIpc) is 2.71. The van der Waals surface area contributed by atoms with Crippen molar-refractivity contribution in [1.82, 2.24) is 10.2 Å². The Morgan fingerprint density at radius 1 is 1.37 bits per heavy atom. The molecule has 2 aliphatic rings. The molecule has 0 bridgehead atoms. The van der Waals surface area contributed by atoms with Crippen molar-refractivity contribution in [2.24, 2.45) is 5.92 Å². The minimum absolute atomic E-state index is 0.205. The predicted molar refractivity (Wildman–Crippen MR) is 80.5 cm³/mol. The van der Waals surface area contributed by atoms with Gasteiger partial charge in [-0.25, -0.2) is 0 Å². The lowest BCUT2D eigenvalue weighted by atomic mass is 9.87. The monoisotopic (exact) mass is 268 g/mol. The fraction of sp³-hybridized carbons (Fsp3) is 1.00. The smallest absolute Gasteiger partial charge is 0.0641 e. The van der Waals surface area contributed by atoms with E-state index in [4.69, 9.17) is 4.74 Å². The molecule has 0 aromatic carbocycles. The molecule has 0 aromatic heterocycles. The van der Waals surface area contributed by atoms with E-state index in [-0.39, 0.29) is 5.54 Å². The molecule has 2 rings (SSSR count). The summed E-state index contributed by atoms with van der Waals surface area (Å²) in [6, 6.07) is 1.51. The van der Waals surface area contributed by atoms with E-state index in [0.717, 1.165) is 18.6 Å². The van der Waals surface area contributed by atoms with E-state index in [0.29, 0.717) is 6.04 Å². The largest absolute Gasteiger partial charge is 0.383 e. The van der Waals surface area contributed by atoms with Crippen LogP contribution in [0.5, 0.6) is 0 Å². The van der Waals surface area contributed by atoms with E-state index in [1.807, 2.05) is 7.11 Å². The van der Waals surface area contributed by atoms with Crippen LogP contribution in [0.15, 0.2) is 0 Å². The van der Waals surface area contributed by atoms with Gasteiger partial charge in [-0.15, -0.1) is 0 Å². The van der Waals surface area contributed by atoms with Gasteiger partial charge in [0.2, 0.25) is 0 Å². The van der Waals surface area contributed by atoms with Gasteiger partial charge >= 0.3 is 0 Å². The molecule has 0 radical (unpaired) electrons. The molecule has 2 saturated heterocycles. The van der Waals surface area contributed by atoms with Gasteiger partial charge in [0.05, 0.1) is 6.61 Å². The highest BCUT2D eigenvalue weighted by atomic mass is 16.5. The first-order valence-electron chi connectivity index (χ1n) is 8.04. The molecule has 2 heterocycles. The normalized spacial score (nSPS) is 37.1. The van der Waals surface area contributed by atoms with Crippen LogP contribution in [0.3, 0.4) is 0 Å². The number of hydrogen-bond donors (Lipinski definition) is 1. The predicted octanol–water partition coefficient (Wildman–Crippen LogP) is 2.65. The van der Waals surface area contributed by atoms with Gasteiger partial charge in [-0.2, -0.15) is 0 Å². The summed E-state index contributed by atoms with van der Waals surface area (Å²) in [5.41, 5.74) is 0.205. The Labute approximate surface area is 119 Å². The van der Waals surface area contributed by atoms with Gasteiger partial charge in [-0.3, -0.25) is 4.90 Å². The summed E-state index contributed by atoms with van der Waals surface area (Å²) in [6.07, 6.45) is 6.84. The van der Waals surface area contributed by atoms with Gasteiger partial charge in [0, 0.05) is 24.7 Å². The van der Waals surface area contributed by atoms with Crippen molar-refractivity contribution in [3.63, 3.8) is 0 Å². The third-order valence-corrected chi connectivity index (χ3v) is 4.96. The summed E-state index contributed by atoms with van der Waals surface area (Å²) in [5, 5.41) is 3.67. The maximum Gasteiger partial charge on any atom is 0.0641 e. The van der Waals surface area contributed by atoms with Crippen LogP contribution in [0, 0.1) is 5.92 Å². The molecule has 0 saturated carbocycles. The molecule has 3 atom stereocenters. The Kier molecular flexibility index (Phi) is 5.27. The lowest BCUT2D eigenvalue weighted by Crippen LogP contribution is -2.44. The molecule has 1 N–H and O–H groups in total. The van der Waals surface area contributed by atoms with Crippen molar-refractivity contribution in [2.45, 2.75) is 70.5 Å². The molecule has 0 aromatic rings. The van der Waals surface area contributed by atoms with Gasteiger partial charge in [-0.1, -0.05) is 6.42 Å². The molecule has 0 amide bonds. The van der Waals surface area contributed by atoms with E-state index < -0.39 is 0 Å². The lowest BCUT2D eigenvalue weighted by Gasteiger charge is -2.40. The Bertz CT molecular complexity index is 282. The highest BCUT2D eigenvalue weighted by molar-refractivity contribution is 4.95. The molecular weight excluding hydrogens is 236 g/mol. The molecule has 19 heavy (non-hydrogen) atoms. The van der Waals surface area contributed by atoms with Crippen LogP contribution in [-0.2, 0) is 4.74 Å². The van der Waals surface area contributed by atoms with E-state index in [9.17, 15) is 0 Å². The van der Waals surface area contributed by atoms with Crippen LogP contribution in [-0.4, -0.2) is 49.3 Å². The molecule has 0 spiro atoms. The highest BCUT2D eigenvalue weighted by Crippen LogP contribution is 2.32. The van der Waals surface area contributed by atoms with Gasteiger partial charge in [0.1, 0.15) is 0 Å². The quantitative estimate of drug-likeness (QED) is 0.829. The number of piperidine rings is 1. The maximum absolute atomic E-state index is 5.35. The molecule has 112 valence electrons. The fourth-order valence-corrected chi connectivity index (χ4v) is 4.11. The van der Waals surface area contributed by atoms with Crippen molar-refractivity contribution in [1.29, 1.82) is 0 Å². The summed E-state index contributed by atoms with van der Waals surface area (Å²) < 4.78 is 5.35. The van der Waals surface area contributed by atoms with Gasteiger partial charge in [-0.05, 0) is 65.5 Å². The molecular formula is C16H32N2O. The van der Waals surface area contributed by atoms with Crippen molar-refractivity contribution < 1.29 is 4.74 Å². The Hall–Kier alpha value is -0.120. The van der Waals surface area contributed by atoms with Crippen molar-refractivity contribution in [2.75, 3.05) is 26.8 Å². The average molecular weight is 268 g/mol. The van der Waals surface area contributed by atoms with Crippen LogP contribution in [0.2, 0.25) is 0 Å². The van der Waals surface area contributed by atoms with E-state index in [2.05, 4.69) is 31.0 Å². The maximum atomic E-state index is 5.35. The number of likely N-dealkylation sites (tertiary alicyclic amines) is 1. The summed E-state index contributed by atoms with van der Waals surface area (Å²) in [5.74, 6) is 0.824. The third-order valence-electron chi connectivity index (χ3n) is 4.96. The summed E-state index contributed by atoms with van der Waals surface area (Å²) in [4.78, 5) is 2.73. The molecule has 2 fully saturated rings. The SMILES string of the molecule is COCC1(C)CC(CC2CCCCN2C(C)C)CN1. The summed E-state index contributed by atoms with van der Waals surface area (Å²) >= 11 is 0. The zero-order valence-electron chi connectivity index (χ0n) is 13.2. The minimum atomic E-state index is 0.205. The van der Waals surface area contributed by atoms with Crippen LogP contribution < -0.4 is 5.32 Å². The number of methoxy groups -OCH3 is 1. The van der Waals surface area contributed by atoms with Crippen molar-refractivity contribution >= 4 is 0 Å². The molecule has 3 heteroatoms. The molecule has 2 aliphatic heterocycles. The number of nitrogens with zero attached hydrogens (tertiary/aromatic N) is 1.